The van der Waals surface area contributed by atoms with Gasteiger partial charge in [-0.25, -0.2) is 14.4 Å². The Morgan fingerprint density at radius 3 is 2.38 bits per heavy atom. The quantitative estimate of drug-likeness (QED) is 0.717. The summed E-state index contributed by atoms with van der Waals surface area (Å²) in [4.78, 5) is 8.47. The molecule has 0 saturated carbocycles. The number of phenols is 1. The molecule has 21 heavy (non-hydrogen) atoms. The van der Waals surface area contributed by atoms with E-state index in [0.29, 0.717) is 11.3 Å². The molecule has 3 aromatic rings. The molecular formula is C16H10ClFN2O. The molecule has 1 heterocycles. The first-order valence-electron chi connectivity index (χ1n) is 6.22. The maximum absolute atomic E-state index is 13.4. The van der Waals surface area contributed by atoms with Crippen molar-refractivity contribution in [2.45, 2.75) is 0 Å². The van der Waals surface area contributed by atoms with E-state index in [4.69, 9.17) is 11.6 Å². The van der Waals surface area contributed by atoms with Crippen LogP contribution in [0.2, 0.25) is 5.15 Å². The summed E-state index contributed by atoms with van der Waals surface area (Å²) < 4.78 is 13.4. The third-order valence-corrected chi connectivity index (χ3v) is 3.10. The van der Waals surface area contributed by atoms with Gasteiger partial charge in [0.1, 0.15) is 16.7 Å². The fourth-order valence-corrected chi connectivity index (χ4v) is 2.19. The van der Waals surface area contributed by atoms with Crippen LogP contribution in [-0.4, -0.2) is 15.1 Å². The SMILES string of the molecule is Oc1cc(F)cc(-c2nc(Cl)cc(-c3ccccc3)n2)c1. The lowest BCUT2D eigenvalue weighted by atomic mass is 10.1. The average Bonchev–Trinajstić information content (AvgIpc) is 2.46. The highest BCUT2D eigenvalue weighted by atomic mass is 35.5. The van der Waals surface area contributed by atoms with Gasteiger partial charge in [0.2, 0.25) is 0 Å². The highest BCUT2D eigenvalue weighted by molar-refractivity contribution is 6.29. The highest BCUT2D eigenvalue weighted by Crippen LogP contribution is 2.26. The van der Waals surface area contributed by atoms with Crippen LogP contribution >= 0.6 is 11.6 Å². The number of phenolic OH excluding ortho intramolecular Hbond substituents is 1. The Balaban J connectivity index is 2.14. The molecule has 0 amide bonds. The molecule has 0 aliphatic heterocycles. The predicted molar refractivity (Wildman–Crippen MR) is 79.5 cm³/mol. The lowest BCUT2D eigenvalue weighted by Crippen LogP contribution is -1.93. The molecule has 0 aliphatic rings. The van der Waals surface area contributed by atoms with Gasteiger partial charge in [-0.05, 0) is 12.1 Å². The van der Waals surface area contributed by atoms with Gasteiger partial charge in [0.25, 0.3) is 0 Å². The van der Waals surface area contributed by atoms with E-state index in [1.807, 2.05) is 30.3 Å². The minimum Gasteiger partial charge on any atom is -0.508 e. The van der Waals surface area contributed by atoms with Crippen LogP contribution in [0.1, 0.15) is 0 Å². The molecular weight excluding hydrogens is 291 g/mol. The first kappa shape index (κ1) is 13.5. The van der Waals surface area contributed by atoms with Gasteiger partial charge in [-0.1, -0.05) is 41.9 Å². The van der Waals surface area contributed by atoms with E-state index in [9.17, 15) is 9.50 Å². The highest BCUT2D eigenvalue weighted by Gasteiger charge is 2.09. The van der Waals surface area contributed by atoms with Crippen molar-refractivity contribution in [2.75, 3.05) is 0 Å². The fraction of sp³-hybridized carbons (Fsp3) is 0. The summed E-state index contributed by atoms with van der Waals surface area (Å²) in [5.74, 6) is -0.485. The second-order valence-electron chi connectivity index (χ2n) is 4.46. The average molecular weight is 301 g/mol. The van der Waals surface area contributed by atoms with Crippen LogP contribution in [0.3, 0.4) is 0 Å². The molecule has 1 N–H and O–H groups in total. The van der Waals surface area contributed by atoms with Crippen molar-refractivity contribution in [3.8, 4) is 28.4 Å². The Morgan fingerprint density at radius 2 is 1.67 bits per heavy atom. The number of halogens is 2. The van der Waals surface area contributed by atoms with Gasteiger partial charge < -0.3 is 5.11 Å². The summed E-state index contributed by atoms with van der Waals surface area (Å²) in [6.07, 6.45) is 0. The molecule has 3 rings (SSSR count). The van der Waals surface area contributed by atoms with Gasteiger partial charge in [-0.3, -0.25) is 0 Å². The normalized spacial score (nSPS) is 10.6. The number of aromatic nitrogens is 2. The number of nitrogens with zero attached hydrogens (tertiary/aromatic N) is 2. The van der Waals surface area contributed by atoms with Gasteiger partial charge in [-0.15, -0.1) is 0 Å². The van der Waals surface area contributed by atoms with Gasteiger partial charge in [-0.2, -0.15) is 0 Å². The van der Waals surface area contributed by atoms with Crippen LogP contribution in [0, 0.1) is 5.82 Å². The Kier molecular flexibility index (Phi) is 3.54. The smallest absolute Gasteiger partial charge is 0.161 e. The monoisotopic (exact) mass is 300 g/mol. The zero-order valence-corrected chi connectivity index (χ0v) is 11.5. The molecule has 0 radical (unpaired) electrons. The number of hydrogen-bond acceptors (Lipinski definition) is 3. The van der Waals surface area contributed by atoms with Crippen LogP contribution in [0.25, 0.3) is 22.6 Å². The zero-order chi connectivity index (χ0) is 14.8. The molecule has 0 saturated heterocycles. The maximum Gasteiger partial charge on any atom is 0.161 e. The molecule has 104 valence electrons. The minimum absolute atomic E-state index is 0.185. The molecule has 2 aromatic carbocycles. The van der Waals surface area contributed by atoms with Crippen LogP contribution in [0.4, 0.5) is 4.39 Å². The molecule has 0 aliphatic carbocycles. The minimum atomic E-state index is -0.560. The Labute approximate surface area is 125 Å². The summed E-state index contributed by atoms with van der Waals surface area (Å²) in [5.41, 5.74) is 1.88. The summed E-state index contributed by atoms with van der Waals surface area (Å²) in [6, 6.07) is 14.8. The summed E-state index contributed by atoms with van der Waals surface area (Å²) in [6.45, 7) is 0. The first-order valence-corrected chi connectivity index (χ1v) is 6.59. The van der Waals surface area contributed by atoms with Crippen LogP contribution in [-0.2, 0) is 0 Å². The van der Waals surface area contributed by atoms with Gasteiger partial charge in [0.05, 0.1) is 5.69 Å². The Bertz CT molecular complexity index is 773. The molecule has 3 nitrogen and oxygen atoms in total. The largest absolute Gasteiger partial charge is 0.508 e. The zero-order valence-electron chi connectivity index (χ0n) is 10.8. The van der Waals surface area contributed by atoms with Gasteiger partial charge in [0, 0.05) is 23.3 Å². The first-order chi connectivity index (χ1) is 10.1. The van der Waals surface area contributed by atoms with E-state index >= 15 is 0 Å². The van der Waals surface area contributed by atoms with Crippen molar-refractivity contribution in [3.05, 3.63) is 65.6 Å². The fourth-order valence-electron chi connectivity index (χ4n) is 2.01. The van der Waals surface area contributed by atoms with Crippen molar-refractivity contribution in [3.63, 3.8) is 0 Å². The van der Waals surface area contributed by atoms with E-state index in [2.05, 4.69) is 9.97 Å². The van der Waals surface area contributed by atoms with Gasteiger partial charge >= 0.3 is 0 Å². The van der Waals surface area contributed by atoms with E-state index in [1.54, 1.807) is 6.07 Å². The van der Waals surface area contributed by atoms with Gasteiger partial charge in [0.15, 0.2) is 5.82 Å². The molecule has 0 atom stereocenters. The van der Waals surface area contributed by atoms with E-state index in [-0.39, 0.29) is 16.7 Å². The van der Waals surface area contributed by atoms with Crippen molar-refractivity contribution >= 4 is 11.6 Å². The lowest BCUT2D eigenvalue weighted by Gasteiger charge is -2.06. The number of hydrogen-bond donors (Lipinski definition) is 1. The topological polar surface area (TPSA) is 46.0 Å². The van der Waals surface area contributed by atoms with E-state index in [1.165, 1.54) is 12.1 Å². The number of aromatic hydroxyl groups is 1. The molecule has 0 spiro atoms. The third kappa shape index (κ3) is 3.01. The van der Waals surface area contributed by atoms with Crippen LogP contribution in [0.5, 0.6) is 5.75 Å². The number of rotatable bonds is 2. The summed E-state index contributed by atoms with van der Waals surface area (Å²) in [5, 5.41) is 9.73. The predicted octanol–water partition coefficient (Wildman–Crippen LogP) is 4.31. The lowest BCUT2D eigenvalue weighted by molar-refractivity contribution is 0.469. The van der Waals surface area contributed by atoms with E-state index in [0.717, 1.165) is 11.6 Å². The maximum atomic E-state index is 13.4. The second kappa shape index (κ2) is 5.50. The molecule has 0 fully saturated rings. The third-order valence-electron chi connectivity index (χ3n) is 2.91. The number of benzene rings is 2. The Morgan fingerprint density at radius 1 is 0.905 bits per heavy atom. The molecule has 1 aromatic heterocycles. The molecule has 5 heteroatoms. The van der Waals surface area contributed by atoms with Crippen molar-refractivity contribution < 1.29 is 9.50 Å². The molecule has 0 bridgehead atoms. The standard InChI is InChI=1S/C16H10ClFN2O/c17-15-9-14(10-4-2-1-3-5-10)19-16(20-15)11-6-12(18)8-13(21)7-11/h1-9,21H. The van der Waals surface area contributed by atoms with Crippen LogP contribution in [0.15, 0.2) is 54.6 Å². The molecule has 0 unspecified atom stereocenters. The van der Waals surface area contributed by atoms with Crippen LogP contribution < -0.4 is 0 Å². The van der Waals surface area contributed by atoms with Crippen molar-refractivity contribution in [1.82, 2.24) is 9.97 Å². The second-order valence-corrected chi connectivity index (χ2v) is 4.85. The van der Waals surface area contributed by atoms with Crippen molar-refractivity contribution in [1.29, 1.82) is 0 Å². The summed E-state index contributed by atoms with van der Waals surface area (Å²) >= 11 is 6.02. The van der Waals surface area contributed by atoms with Crippen molar-refractivity contribution in [2.24, 2.45) is 0 Å². The van der Waals surface area contributed by atoms with E-state index < -0.39 is 5.82 Å². The Hall–Kier alpha value is -2.46. The summed E-state index contributed by atoms with van der Waals surface area (Å²) in [7, 11) is 0.